The first kappa shape index (κ1) is 18.2. The molecule has 1 aromatic rings. The number of amides is 1. The van der Waals surface area contributed by atoms with Crippen molar-refractivity contribution in [2.24, 2.45) is 5.92 Å². The van der Waals surface area contributed by atoms with Gasteiger partial charge in [0, 0.05) is 12.0 Å². The third-order valence-corrected chi connectivity index (χ3v) is 4.92. The maximum Gasteiger partial charge on any atom is 0.256 e. The van der Waals surface area contributed by atoms with E-state index < -0.39 is 0 Å². The quantitative estimate of drug-likeness (QED) is 0.567. The van der Waals surface area contributed by atoms with Gasteiger partial charge in [-0.3, -0.25) is 4.79 Å². The molecule has 4 nitrogen and oxygen atoms in total. The second-order valence-corrected chi connectivity index (χ2v) is 7.82. The smallest absolute Gasteiger partial charge is 0.256 e. The van der Waals surface area contributed by atoms with Crippen molar-refractivity contribution in [2.45, 2.75) is 76.8 Å². The molecule has 0 aromatic carbocycles. The van der Waals surface area contributed by atoms with Crippen molar-refractivity contribution < 1.29 is 4.79 Å². The fraction of sp³-hybridized carbons (Fsp3) is 0.722. The van der Waals surface area contributed by atoms with E-state index in [0.29, 0.717) is 17.4 Å². The molecule has 0 bridgehead atoms. The fourth-order valence-electron chi connectivity index (χ4n) is 2.70. The third-order valence-electron chi connectivity index (χ3n) is 4.23. The average Bonchev–Trinajstić information content (AvgIpc) is 3.30. The Morgan fingerprint density at radius 1 is 1.26 bits per heavy atom. The molecule has 0 spiro atoms. The Kier molecular flexibility index (Phi) is 6.45. The molecule has 128 valence electrons. The Bertz CT molecular complexity index is 555. The summed E-state index contributed by atoms with van der Waals surface area (Å²) in [5.41, 5.74) is 1.45. The van der Waals surface area contributed by atoms with E-state index in [1.54, 1.807) is 0 Å². The minimum Gasteiger partial charge on any atom is -0.349 e. The van der Waals surface area contributed by atoms with E-state index in [-0.39, 0.29) is 11.9 Å². The van der Waals surface area contributed by atoms with Crippen LogP contribution in [0.5, 0.6) is 0 Å². The summed E-state index contributed by atoms with van der Waals surface area (Å²) >= 11 is 1.53. The molecular weight excluding hydrogens is 306 g/mol. The van der Waals surface area contributed by atoms with Crippen molar-refractivity contribution in [2.75, 3.05) is 6.26 Å². The Labute approximate surface area is 144 Å². The molecule has 1 atom stereocenters. The van der Waals surface area contributed by atoms with Crippen LogP contribution in [0.25, 0.3) is 0 Å². The van der Waals surface area contributed by atoms with Crippen LogP contribution in [0.1, 0.15) is 80.7 Å². The number of nitrogens with zero attached hydrogens (tertiary/aromatic N) is 2. The molecule has 1 unspecified atom stereocenters. The Balaban J connectivity index is 2.03. The largest absolute Gasteiger partial charge is 0.349 e. The standard InChI is InChI=1S/C18H29N3OS/c1-11(2)7-6-8-12(3)19-17(22)15-13(4)20-16(14-9-10-14)21-18(15)23-5/h11-12,14H,6-10H2,1-5H3,(H,19,22). The van der Waals surface area contributed by atoms with Gasteiger partial charge in [0.1, 0.15) is 10.9 Å². The molecule has 0 aliphatic heterocycles. The maximum absolute atomic E-state index is 12.6. The lowest BCUT2D eigenvalue weighted by molar-refractivity contribution is 0.0932. The normalized spacial score (nSPS) is 15.7. The molecule has 1 aliphatic carbocycles. The number of nitrogens with one attached hydrogen (secondary N) is 1. The van der Waals surface area contributed by atoms with Crippen molar-refractivity contribution in [1.29, 1.82) is 0 Å². The fourth-order valence-corrected chi connectivity index (χ4v) is 3.33. The van der Waals surface area contributed by atoms with E-state index in [0.717, 1.165) is 29.4 Å². The summed E-state index contributed by atoms with van der Waals surface area (Å²) < 4.78 is 0. The SMILES string of the molecule is CSc1nc(C2CC2)nc(C)c1C(=O)NC(C)CCCC(C)C. The number of carbonyl (C=O) groups is 1. The van der Waals surface area contributed by atoms with Gasteiger partial charge >= 0.3 is 0 Å². The summed E-state index contributed by atoms with van der Waals surface area (Å²) in [5, 5.41) is 3.93. The second-order valence-electron chi connectivity index (χ2n) is 7.03. The molecular formula is C18H29N3OS. The first-order valence-electron chi connectivity index (χ1n) is 8.65. The highest BCUT2D eigenvalue weighted by Crippen LogP contribution is 2.39. The summed E-state index contributed by atoms with van der Waals surface area (Å²) in [4.78, 5) is 21.8. The zero-order valence-corrected chi connectivity index (χ0v) is 15.8. The van der Waals surface area contributed by atoms with Crippen molar-refractivity contribution in [3.63, 3.8) is 0 Å². The third kappa shape index (κ3) is 5.20. The van der Waals surface area contributed by atoms with E-state index in [9.17, 15) is 4.79 Å². The van der Waals surface area contributed by atoms with Crippen LogP contribution < -0.4 is 5.32 Å². The lowest BCUT2D eigenvalue weighted by Crippen LogP contribution is -2.33. The maximum atomic E-state index is 12.6. The molecule has 1 heterocycles. The highest BCUT2D eigenvalue weighted by molar-refractivity contribution is 7.98. The Morgan fingerprint density at radius 3 is 2.52 bits per heavy atom. The van der Waals surface area contributed by atoms with Gasteiger partial charge in [0.2, 0.25) is 0 Å². The molecule has 5 heteroatoms. The molecule has 1 saturated carbocycles. The van der Waals surface area contributed by atoms with Crippen LogP contribution in [0, 0.1) is 12.8 Å². The van der Waals surface area contributed by atoms with Crippen LogP contribution in [0.4, 0.5) is 0 Å². The van der Waals surface area contributed by atoms with Crippen molar-refractivity contribution in [1.82, 2.24) is 15.3 Å². The van der Waals surface area contributed by atoms with E-state index in [2.05, 4.69) is 36.1 Å². The zero-order valence-electron chi connectivity index (χ0n) is 15.0. The van der Waals surface area contributed by atoms with E-state index >= 15 is 0 Å². The van der Waals surface area contributed by atoms with Crippen LogP contribution >= 0.6 is 11.8 Å². The van der Waals surface area contributed by atoms with Gasteiger partial charge in [-0.15, -0.1) is 11.8 Å². The van der Waals surface area contributed by atoms with Crippen LogP contribution in [-0.4, -0.2) is 28.2 Å². The number of hydrogen-bond donors (Lipinski definition) is 1. The first-order valence-corrected chi connectivity index (χ1v) is 9.88. The summed E-state index contributed by atoms with van der Waals surface area (Å²) in [6.07, 6.45) is 7.68. The molecule has 23 heavy (non-hydrogen) atoms. The van der Waals surface area contributed by atoms with Gasteiger partial charge in [0.05, 0.1) is 11.3 Å². The second kappa shape index (κ2) is 8.13. The number of hydrogen-bond acceptors (Lipinski definition) is 4. The summed E-state index contributed by atoms with van der Waals surface area (Å²) in [6.45, 7) is 8.46. The van der Waals surface area contributed by atoms with Crippen molar-refractivity contribution in [3.8, 4) is 0 Å². The number of rotatable bonds is 8. The highest BCUT2D eigenvalue weighted by Gasteiger charge is 2.29. The van der Waals surface area contributed by atoms with Crippen LogP contribution in [0.15, 0.2) is 5.03 Å². The summed E-state index contributed by atoms with van der Waals surface area (Å²) in [6, 6.07) is 0.179. The zero-order chi connectivity index (χ0) is 17.0. The monoisotopic (exact) mass is 335 g/mol. The number of thioether (sulfide) groups is 1. The number of aromatic nitrogens is 2. The van der Waals surface area contributed by atoms with Gasteiger partial charge in [-0.2, -0.15) is 0 Å². The summed E-state index contributed by atoms with van der Waals surface area (Å²) in [5.74, 6) is 2.10. The lowest BCUT2D eigenvalue weighted by Gasteiger charge is -2.17. The average molecular weight is 336 g/mol. The Hall–Kier alpha value is -1.10. The predicted molar refractivity (Wildman–Crippen MR) is 96.1 cm³/mol. The van der Waals surface area contributed by atoms with Crippen molar-refractivity contribution in [3.05, 3.63) is 17.1 Å². The van der Waals surface area contributed by atoms with E-state index in [1.807, 2.05) is 13.2 Å². The lowest BCUT2D eigenvalue weighted by atomic mass is 10.0. The minimum atomic E-state index is -0.0359. The van der Waals surface area contributed by atoms with Gasteiger partial charge in [-0.25, -0.2) is 9.97 Å². The minimum absolute atomic E-state index is 0.0359. The number of carbonyl (C=O) groups excluding carboxylic acids is 1. The highest BCUT2D eigenvalue weighted by atomic mass is 32.2. The molecule has 2 rings (SSSR count). The molecule has 1 aromatic heterocycles. The summed E-state index contributed by atoms with van der Waals surface area (Å²) in [7, 11) is 0. The molecule has 1 amide bonds. The number of aryl methyl sites for hydroxylation is 1. The molecule has 0 radical (unpaired) electrons. The van der Waals surface area contributed by atoms with Crippen LogP contribution in [0.3, 0.4) is 0 Å². The van der Waals surface area contributed by atoms with E-state index in [1.165, 1.54) is 31.0 Å². The van der Waals surface area contributed by atoms with Gasteiger partial charge in [-0.1, -0.05) is 26.7 Å². The van der Waals surface area contributed by atoms with Gasteiger partial charge in [0.25, 0.3) is 5.91 Å². The first-order chi connectivity index (χ1) is 10.9. The topological polar surface area (TPSA) is 54.9 Å². The van der Waals surface area contributed by atoms with Crippen molar-refractivity contribution >= 4 is 17.7 Å². The molecule has 1 N–H and O–H groups in total. The molecule has 1 fully saturated rings. The Morgan fingerprint density at radius 2 is 1.96 bits per heavy atom. The van der Waals surface area contributed by atoms with Gasteiger partial charge in [-0.05, 0) is 45.3 Å². The van der Waals surface area contributed by atoms with Gasteiger partial charge < -0.3 is 5.32 Å². The van der Waals surface area contributed by atoms with Gasteiger partial charge in [0.15, 0.2) is 0 Å². The molecule has 1 aliphatic rings. The van der Waals surface area contributed by atoms with E-state index in [4.69, 9.17) is 0 Å². The van der Waals surface area contributed by atoms with Crippen LogP contribution in [0.2, 0.25) is 0 Å². The van der Waals surface area contributed by atoms with Crippen LogP contribution in [-0.2, 0) is 0 Å². The predicted octanol–water partition coefficient (Wildman–Crippen LogP) is 4.33. The molecule has 0 saturated heterocycles.